The molecule has 4 aliphatic rings. The fourth-order valence-corrected chi connectivity index (χ4v) is 7.73. The number of imidazole rings is 1. The molecule has 3 fully saturated rings. The molecule has 0 bridgehead atoms. The van der Waals surface area contributed by atoms with Crippen LogP contribution in [-0.2, 0) is 17.7 Å². The van der Waals surface area contributed by atoms with E-state index in [1.807, 2.05) is 26.8 Å². The molecule has 37 heavy (non-hydrogen) atoms. The van der Waals surface area contributed by atoms with Gasteiger partial charge in [-0.15, -0.1) is 0 Å². The van der Waals surface area contributed by atoms with Crippen LogP contribution in [0.2, 0.25) is 0 Å². The summed E-state index contributed by atoms with van der Waals surface area (Å²) in [5.74, 6) is 0.870. The lowest BCUT2D eigenvalue weighted by Crippen LogP contribution is -2.74. The van der Waals surface area contributed by atoms with Crippen LogP contribution in [0.4, 0.5) is 9.18 Å². The summed E-state index contributed by atoms with van der Waals surface area (Å²) in [5.41, 5.74) is 3.30. The van der Waals surface area contributed by atoms with Gasteiger partial charge >= 0.3 is 6.09 Å². The number of nitrogens with zero attached hydrogens (tertiary/aromatic N) is 3. The number of hydrogen-bond acceptors (Lipinski definition) is 5. The SMILES string of the molecule is Cc1nc2c(n1C1CC3N(CC[C@H](NC(=O)OC(C)(C)C)c4cccc(F)c4)C4CCC43C1)CNCC2. The Bertz CT molecular complexity index is 1190. The smallest absolute Gasteiger partial charge is 0.408 e. The first-order chi connectivity index (χ1) is 17.6. The Morgan fingerprint density at radius 2 is 2.19 bits per heavy atom. The van der Waals surface area contributed by atoms with E-state index in [2.05, 4.69) is 27.0 Å². The third kappa shape index (κ3) is 4.36. The van der Waals surface area contributed by atoms with Gasteiger partial charge in [-0.1, -0.05) is 12.1 Å². The Balaban J connectivity index is 1.16. The van der Waals surface area contributed by atoms with E-state index in [0.717, 1.165) is 50.3 Å². The summed E-state index contributed by atoms with van der Waals surface area (Å²) in [6, 6.07) is 7.96. The number of rotatable bonds is 6. The van der Waals surface area contributed by atoms with Crippen LogP contribution >= 0.6 is 0 Å². The van der Waals surface area contributed by atoms with Crippen molar-refractivity contribution in [2.24, 2.45) is 5.41 Å². The number of benzene rings is 1. The van der Waals surface area contributed by atoms with Crippen molar-refractivity contribution in [3.05, 3.63) is 52.9 Å². The lowest BCUT2D eigenvalue weighted by Gasteiger charge is -2.68. The molecule has 3 heterocycles. The fraction of sp³-hybridized carbons (Fsp3) is 0.655. The van der Waals surface area contributed by atoms with Gasteiger partial charge in [0.2, 0.25) is 0 Å². The first-order valence-electron chi connectivity index (χ1n) is 13.9. The number of carbonyl (C=O) groups excluding carboxylic acids is 1. The van der Waals surface area contributed by atoms with E-state index in [1.54, 1.807) is 6.07 Å². The van der Waals surface area contributed by atoms with Gasteiger partial charge in [0, 0.05) is 49.6 Å². The van der Waals surface area contributed by atoms with Gasteiger partial charge in [-0.2, -0.15) is 0 Å². The molecule has 1 amide bonds. The molecule has 5 atom stereocenters. The second-order valence-corrected chi connectivity index (χ2v) is 12.5. The summed E-state index contributed by atoms with van der Waals surface area (Å²) < 4.78 is 22.1. The van der Waals surface area contributed by atoms with Crippen LogP contribution in [0.5, 0.6) is 0 Å². The van der Waals surface area contributed by atoms with E-state index in [0.29, 0.717) is 23.5 Å². The van der Waals surface area contributed by atoms with Crippen LogP contribution in [-0.4, -0.2) is 51.3 Å². The van der Waals surface area contributed by atoms with Crippen molar-refractivity contribution in [3.8, 4) is 0 Å². The molecule has 1 aromatic heterocycles. The van der Waals surface area contributed by atoms with Crippen LogP contribution in [0.15, 0.2) is 24.3 Å². The number of alkyl carbamates (subject to hydrolysis) is 1. The molecule has 2 N–H and O–H groups in total. The largest absolute Gasteiger partial charge is 0.444 e. The summed E-state index contributed by atoms with van der Waals surface area (Å²) in [6.07, 6.45) is 6.24. The van der Waals surface area contributed by atoms with Crippen molar-refractivity contribution in [3.63, 3.8) is 0 Å². The number of carbonyl (C=O) groups is 1. The number of halogens is 1. The van der Waals surface area contributed by atoms with Crippen LogP contribution in [0.1, 0.15) is 87.7 Å². The highest BCUT2D eigenvalue weighted by Gasteiger charge is 2.69. The predicted octanol–water partition coefficient (Wildman–Crippen LogP) is 4.80. The van der Waals surface area contributed by atoms with E-state index in [1.165, 1.54) is 42.8 Å². The van der Waals surface area contributed by atoms with Gasteiger partial charge in [-0.3, -0.25) is 4.90 Å². The Kier molecular flexibility index (Phi) is 6.10. The summed E-state index contributed by atoms with van der Waals surface area (Å²) in [7, 11) is 0. The normalized spacial score (nSPS) is 29.4. The third-order valence-electron chi connectivity index (χ3n) is 9.21. The number of fused-ring (bicyclic) bond motifs is 1. The van der Waals surface area contributed by atoms with Crippen LogP contribution in [0.25, 0.3) is 0 Å². The quantitative estimate of drug-likeness (QED) is 0.585. The molecule has 2 saturated carbocycles. The lowest BCUT2D eigenvalue weighted by molar-refractivity contribution is -0.188. The molecule has 7 nitrogen and oxygen atoms in total. The molecule has 1 saturated heterocycles. The van der Waals surface area contributed by atoms with Gasteiger partial charge in [0.1, 0.15) is 17.2 Å². The lowest BCUT2D eigenvalue weighted by atomic mass is 9.53. The van der Waals surface area contributed by atoms with Gasteiger partial charge in [0.15, 0.2) is 0 Å². The highest BCUT2D eigenvalue weighted by Crippen LogP contribution is 2.67. The predicted molar refractivity (Wildman–Crippen MR) is 140 cm³/mol. The molecule has 2 aromatic rings. The van der Waals surface area contributed by atoms with Crippen LogP contribution in [0, 0.1) is 18.2 Å². The summed E-state index contributed by atoms with van der Waals surface area (Å²) in [4.78, 5) is 20.2. The number of piperidine rings is 1. The molecule has 4 unspecified atom stereocenters. The Hall–Kier alpha value is -2.45. The average Bonchev–Trinajstić information content (AvgIpc) is 3.35. The number of hydrogen-bond donors (Lipinski definition) is 2. The standard InChI is InChI=1S/C29H40FN5O2/c1-18-32-23-9-12-31-17-24(23)35(18)21-15-26-29(16-21)11-8-25(29)34(26)13-10-22(19-6-5-7-20(30)14-19)33-27(36)37-28(2,3)4/h5-7,14,21-22,25-26,31H,8-13,15-17H2,1-4H3,(H,33,36)/t21?,22-,25?,26?,29?/m0/s1. The maximum absolute atomic E-state index is 14.1. The van der Waals surface area contributed by atoms with E-state index in [-0.39, 0.29) is 11.9 Å². The number of nitrogens with one attached hydrogen (secondary N) is 2. The van der Waals surface area contributed by atoms with Crippen molar-refractivity contribution in [1.82, 2.24) is 25.1 Å². The minimum atomic E-state index is -0.585. The van der Waals surface area contributed by atoms with Gasteiger partial charge in [-0.05, 0) is 77.5 Å². The van der Waals surface area contributed by atoms with Crippen molar-refractivity contribution in [2.75, 3.05) is 13.1 Å². The van der Waals surface area contributed by atoms with Gasteiger partial charge in [0.05, 0.1) is 17.4 Å². The molecule has 8 heteroatoms. The molecule has 0 radical (unpaired) electrons. The zero-order chi connectivity index (χ0) is 25.9. The highest BCUT2D eigenvalue weighted by molar-refractivity contribution is 5.68. The zero-order valence-corrected chi connectivity index (χ0v) is 22.5. The average molecular weight is 510 g/mol. The Morgan fingerprint density at radius 1 is 1.35 bits per heavy atom. The second kappa shape index (κ2) is 9.09. The van der Waals surface area contributed by atoms with Gasteiger partial charge in [-0.25, -0.2) is 14.2 Å². The van der Waals surface area contributed by atoms with Crippen LogP contribution < -0.4 is 10.6 Å². The van der Waals surface area contributed by atoms with E-state index < -0.39 is 11.7 Å². The number of likely N-dealkylation sites (tertiary alicyclic amines) is 1. The first kappa shape index (κ1) is 24.9. The Morgan fingerprint density at radius 3 is 2.92 bits per heavy atom. The molecular formula is C29H40FN5O2. The number of amides is 1. The molecule has 1 aromatic carbocycles. The minimum Gasteiger partial charge on any atom is -0.444 e. The summed E-state index contributed by atoms with van der Waals surface area (Å²) >= 11 is 0. The molecule has 2 aliphatic carbocycles. The first-order valence-corrected chi connectivity index (χ1v) is 13.9. The Labute approximate surface area is 219 Å². The summed E-state index contributed by atoms with van der Waals surface area (Å²) in [5, 5.41) is 6.56. The van der Waals surface area contributed by atoms with Crippen molar-refractivity contribution in [1.29, 1.82) is 0 Å². The maximum atomic E-state index is 14.1. The highest BCUT2D eigenvalue weighted by atomic mass is 19.1. The van der Waals surface area contributed by atoms with Gasteiger partial charge < -0.3 is 19.9 Å². The molecular weight excluding hydrogens is 469 g/mol. The number of ether oxygens (including phenoxy) is 1. The van der Waals surface area contributed by atoms with E-state index >= 15 is 0 Å². The topological polar surface area (TPSA) is 71.4 Å². The van der Waals surface area contributed by atoms with Gasteiger partial charge in [0.25, 0.3) is 0 Å². The monoisotopic (exact) mass is 509 g/mol. The minimum absolute atomic E-state index is 0.289. The summed E-state index contributed by atoms with van der Waals surface area (Å²) in [6.45, 7) is 10.5. The zero-order valence-electron chi connectivity index (χ0n) is 22.5. The molecule has 200 valence electrons. The second-order valence-electron chi connectivity index (χ2n) is 12.5. The van der Waals surface area contributed by atoms with E-state index in [9.17, 15) is 9.18 Å². The molecule has 6 rings (SSSR count). The van der Waals surface area contributed by atoms with Crippen molar-refractivity contribution >= 4 is 6.09 Å². The number of aromatic nitrogens is 2. The van der Waals surface area contributed by atoms with E-state index in [4.69, 9.17) is 9.72 Å². The number of aryl methyl sites for hydroxylation is 1. The fourth-order valence-electron chi connectivity index (χ4n) is 7.73. The van der Waals surface area contributed by atoms with Crippen molar-refractivity contribution in [2.45, 2.75) is 103 Å². The molecule has 1 spiro atoms. The van der Waals surface area contributed by atoms with Crippen LogP contribution in [0.3, 0.4) is 0 Å². The van der Waals surface area contributed by atoms with Crippen molar-refractivity contribution < 1.29 is 13.9 Å². The maximum Gasteiger partial charge on any atom is 0.408 e. The molecule has 2 aliphatic heterocycles. The third-order valence-corrected chi connectivity index (χ3v) is 9.21.